The van der Waals surface area contributed by atoms with Crippen LogP contribution >= 0.6 is 0 Å². The average Bonchev–Trinajstić information content (AvgIpc) is 3.12. The van der Waals surface area contributed by atoms with E-state index in [1.165, 1.54) is 6.07 Å². The summed E-state index contributed by atoms with van der Waals surface area (Å²) in [7, 11) is 0. The van der Waals surface area contributed by atoms with Gasteiger partial charge in [0.15, 0.2) is 0 Å². The highest BCUT2D eigenvalue weighted by Gasteiger charge is 2.29. The average molecular weight is 255 g/mol. The van der Waals surface area contributed by atoms with Crippen molar-refractivity contribution < 1.29 is 18.7 Å². The largest absolute Gasteiger partial charge is 0.480 e. The first-order chi connectivity index (χ1) is 8.56. The molecule has 18 heavy (non-hydrogen) atoms. The van der Waals surface area contributed by atoms with Crippen LogP contribution in [0.3, 0.4) is 0 Å². The molecule has 0 aromatic heterocycles. The van der Waals surface area contributed by atoms with Gasteiger partial charge in [-0.1, -0.05) is 0 Å². The van der Waals surface area contributed by atoms with Crippen LogP contribution in [0.15, 0.2) is 18.2 Å². The molecule has 1 aliphatic carbocycles. The van der Waals surface area contributed by atoms with E-state index >= 15 is 0 Å². The van der Waals surface area contributed by atoms with Crippen LogP contribution in [0.5, 0.6) is 0 Å². The van der Waals surface area contributed by atoms with Crippen molar-refractivity contribution in [3.63, 3.8) is 0 Å². The smallest absolute Gasteiger partial charge is 0.317 e. The maximum Gasteiger partial charge on any atom is 0.317 e. The number of nitrogens with zero attached hydrogens (tertiary/aromatic N) is 1. The van der Waals surface area contributed by atoms with Crippen LogP contribution in [0.4, 0.5) is 8.78 Å². The lowest BCUT2D eigenvalue weighted by Crippen LogP contribution is -2.33. The molecular formula is C13H15F2NO2. The molecule has 0 amide bonds. The predicted molar refractivity (Wildman–Crippen MR) is 62.3 cm³/mol. The van der Waals surface area contributed by atoms with Gasteiger partial charge in [0, 0.05) is 12.6 Å². The highest BCUT2D eigenvalue weighted by molar-refractivity contribution is 5.69. The molecule has 0 aliphatic heterocycles. The van der Waals surface area contributed by atoms with Crippen LogP contribution < -0.4 is 0 Å². The molecule has 0 unspecified atom stereocenters. The number of halogens is 2. The summed E-state index contributed by atoms with van der Waals surface area (Å²) in [4.78, 5) is 12.5. The fraction of sp³-hybridized carbons (Fsp3) is 0.462. The molecule has 0 atom stereocenters. The highest BCUT2D eigenvalue weighted by atomic mass is 19.1. The van der Waals surface area contributed by atoms with Crippen molar-refractivity contribution in [2.45, 2.75) is 25.3 Å². The van der Waals surface area contributed by atoms with Crippen molar-refractivity contribution in [2.75, 3.05) is 13.1 Å². The summed E-state index contributed by atoms with van der Waals surface area (Å²) >= 11 is 0. The van der Waals surface area contributed by atoms with Crippen LogP contribution in [0.2, 0.25) is 0 Å². The second-order valence-electron chi connectivity index (χ2n) is 4.58. The van der Waals surface area contributed by atoms with E-state index < -0.39 is 17.6 Å². The third-order valence-corrected chi connectivity index (χ3v) is 3.08. The van der Waals surface area contributed by atoms with Crippen molar-refractivity contribution in [1.82, 2.24) is 4.90 Å². The van der Waals surface area contributed by atoms with Gasteiger partial charge in [-0.2, -0.15) is 0 Å². The molecule has 5 heteroatoms. The molecule has 1 fully saturated rings. The van der Waals surface area contributed by atoms with Gasteiger partial charge >= 0.3 is 5.97 Å². The van der Waals surface area contributed by atoms with Gasteiger partial charge in [0.2, 0.25) is 0 Å². The van der Waals surface area contributed by atoms with Crippen molar-refractivity contribution in [1.29, 1.82) is 0 Å². The predicted octanol–water partition coefficient (Wildman–Crippen LogP) is 2.06. The Morgan fingerprint density at radius 3 is 2.72 bits per heavy atom. The lowest BCUT2D eigenvalue weighted by molar-refractivity contribution is -0.138. The van der Waals surface area contributed by atoms with E-state index in [1.807, 2.05) is 4.90 Å². The minimum Gasteiger partial charge on any atom is -0.480 e. The number of carboxylic acids is 1. The molecule has 1 aromatic carbocycles. The van der Waals surface area contributed by atoms with Gasteiger partial charge in [-0.25, -0.2) is 8.78 Å². The van der Waals surface area contributed by atoms with E-state index in [1.54, 1.807) is 0 Å². The monoisotopic (exact) mass is 255 g/mol. The van der Waals surface area contributed by atoms with Crippen molar-refractivity contribution in [2.24, 2.45) is 0 Å². The fourth-order valence-electron chi connectivity index (χ4n) is 2.00. The lowest BCUT2D eigenvalue weighted by atomic mass is 10.1. The van der Waals surface area contributed by atoms with Gasteiger partial charge < -0.3 is 5.11 Å². The number of carboxylic acid groups (broad SMARTS) is 1. The summed E-state index contributed by atoms with van der Waals surface area (Å²) in [5.41, 5.74) is 0.297. The molecule has 0 spiro atoms. The van der Waals surface area contributed by atoms with Crippen molar-refractivity contribution in [3.8, 4) is 0 Å². The molecule has 3 nitrogen and oxygen atoms in total. The summed E-state index contributed by atoms with van der Waals surface area (Å²) < 4.78 is 26.4. The zero-order chi connectivity index (χ0) is 13.1. The molecule has 1 N–H and O–H groups in total. The van der Waals surface area contributed by atoms with Gasteiger partial charge in [0.25, 0.3) is 0 Å². The normalized spacial score (nSPS) is 15.1. The van der Waals surface area contributed by atoms with Crippen LogP contribution in [-0.2, 0) is 11.2 Å². The van der Waals surface area contributed by atoms with Crippen LogP contribution in [-0.4, -0.2) is 35.1 Å². The summed E-state index contributed by atoms with van der Waals surface area (Å²) in [6.07, 6.45) is 2.30. The van der Waals surface area contributed by atoms with E-state index in [2.05, 4.69) is 0 Å². The van der Waals surface area contributed by atoms with Crippen molar-refractivity contribution >= 4 is 5.97 Å². The summed E-state index contributed by atoms with van der Waals surface area (Å²) in [6.45, 7) is 0.402. The number of aliphatic carboxylic acids is 1. The third kappa shape index (κ3) is 3.50. The Bertz CT molecular complexity index is 447. The molecule has 0 radical (unpaired) electrons. The molecular weight excluding hydrogens is 240 g/mol. The van der Waals surface area contributed by atoms with E-state index in [9.17, 15) is 13.6 Å². The number of benzene rings is 1. The number of carbonyl (C=O) groups is 1. The number of rotatable bonds is 6. The Kier molecular flexibility index (Phi) is 3.91. The Hall–Kier alpha value is -1.49. The molecule has 0 heterocycles. The van der Waals surface area contributed by atoms with Gasteiger partial charge in [0.05, 0.1) is 6.54 Å². The maximum absolute atomic E-state index is 13.4. The summed E-state index contributed by atoms with van der Waals surface area (Å²) in [5, 5.41) is 8.78. The van der Waals surface area contributed by atoms with Gasteiger partial charge in [-0.05, 0) is 43.0 Å². The van der Waals surface area contributed by atoms with Crippen molar-refractivity contribution in [3.05, 3.63) is 35.4 Å². The number of hydrogen-bond acceptors (Lipinski definition) is 2. The quantitative estimate of drug-likeness (QED) is 0.845. The van der Waals surface area contributed by atoms with Gasteiger partial charge in [-0.15, -0.1) is 0 Å². The zero-order valence-electron chi connectivity index (χ0n) is 9.90. The second kappa shape index (κ2) is 5.44. The summed E-state index contributed by atoms with van der Waals surface area (Å²) in [5.74, 6) is -1.80. The topological polar surface area (TPSA) is 40.5 Å². The highest BCUT2D eigenvalue weighted by Crippen LogP contribution is 2.26. The Morgan fingerprint density at radius 1 is 1.39 bits per heavy atom. The molecule has 2 rings (SSSR count). The molecule has 1 aliphatic rings. The van der Waals surface area contributed by atoms with E-state index in [4.69, 9.17) is 5.11 Å². The second-order valence-corrected chi connectivity index (χ2v) is 4.58. The van der Waals surface area contributed by atoms with E-state index in [0.717, 1.165) is 25.0 Å². The summed E-state index contributed by atoms with van der Waals surface area (Å²) in [6, 6.07) is 3.64. The Morgan fingerprint density at radius 2 is 2.11 bits per heavy atom. The number of hydrogen-bond donors (Lipinski definition) is 1. The first-order valence-electron chi connectivity index (χ1n) is 5.96. The minimum atomic E-state index is -0.887. The molecule has 1 saturated carbocycles. The molecule has 1 aromatic rings. The Balaban J connectivity index is 1.96. The van der Waals surface area contributed by atoms with Crippen LogP contribution in [0.25, 0.3) is 0 Å². The minimum absolute atomic E-state index is 0.0401. The SMILES string of the molecule is O=C(O)CN(CCc1cc(F)ccc1F)C1CC1. The lowest BCUT2D eigenvalue weighted by Gasteiger charge is -2.19. The standard InChI is InChI=1S/C13H15F2NO2/c14-10-1-4-12(15)9(7-10)5-6-16(8-13(17)18)11-2-3-11/h1,4,7,11H,2-3,5-6,8H2,(H,17,18). The van der Waals surface area contributed by atoms with Crippen LogP contribution in [0.1, 0.15) is 18.4 Å². The van der Waals surface area contributed by atoms with Crippen LogP contribution in [0, 0.1) is 11.6 Å². The van der Waals surface area contributed by atoms with Gasteiger partial charge in [-0.3, -0.25) is 9.69 Å². The van der Waals surface area contributed by atoms with E-state index in [-0.39, 0.29) is 12.6 Å². The van der Waals surface area contributed by atoms with E-state index in [0.29, 0.717) is 18.5 Å². The van der Waals surface area contributed by atoms with Gasteiger partial charge in [0.1, 0.15) is 11.6 Å². The fourth-order valence-corrected chi connectivity index (χ4v) is 2.00. The third-order valence-electron chi connectivity index (χ3n) is 3.08. The first kappa shape index (κ1) is 13.0. The molecule has 0 bridgehead atoms. The molecule has 98 valence electrons. The Labute approximate surface area is 104 Å². The molecule has 0 saturated heterocycles. The first-order valence-corrected chi connectivity index (χ1v) is 5.96. The maximum atomic E-state index is 13.4. The zero-order valence-corrected chi connectivity index (χ0v) is 9.90.